The second-order valence-electron chi connectivity index (χ2n) is 7.73. The first-order valence-corrected chi connectivity index (χ1v) is 10.9. The first-order valence-electron chi connectivity index (χ1n) is 10.9. The third kappa shape index (κ3) is 5.45. The highest BCUT2D eigenvalue weighted by Gasteiger charge is 2.18. The molecule has 2 aromatic carbocycles. The molecule has 1 heterocycles. The third-order valence-corrected chi connectivity index (χ3v) is 6.02. The van der Waals surface area contributed by atoms with E-state index < -0.39 is 0 Å². The van der Waals surface area contributed by atoms with E-state index in [4.69, 9.17) is 14.2 Å². The maximum absolute atomic E-state index is 6.30. The Kier molecular flexibility index (Phi) is 7.82. The van der Waals surface area contributed by atoms with E-state index in [9.17, 15) is 0 Å². The van der Waals surface area contributed by atoms with Crippen LogP contribution < -0.4 is 14.2 Å². The minimum Gasteiger partial charge on any atom is -0.493 e. The molecule has 0 saturated carbocycles. The molecule has 1 aliphatic heterocycles. The molecule has 4 nitrogen and oxygen atoms in total. The monoisotopic (exact) mass is 397 g/mol. The van der Waals surface area contributed by atoms with Gasteiger partial charge in [0.05, 0.1) is 14.2 Å². The number of fused-ring (bicyclic) bond motifs is 4. The molecule has 0 amide bonds. The molecule has 4 heteroatoms. The van der Waals surface area contributed by atoms with Crippen molar-refractivity contribution in [3.05, 3.63) is 47.5 Å². The van der Waals surface area contributed by atoms with Crippen molar-refractivity contribution in [3.8, 4) is 23.0 Å². The zero-order valence-electron chi connectivity index (χ0n) is 18.4. The fraction of sp³-hybridized carbons (Fsp3) is 0.520. The van der Waals surface area contributed by atoms with E-state index in [1.165, 1.54) is 36.8 Å². The molecule has 0 aliphatic carbocycles. The summed E-state index contributed by atoms with van der Waals surface area (Å²) in [5.74, 6) is 2.99. The van der Waals surface area contributed by atoms with Gasteiger partial charge in [-0.2, -0.15) is 0 Å². The molecule has 3 rings (SSSR count). The van der Waals surface area contributed by atoms with Gasteiger partial charge in [-0.1, -0.05) is 32.4 Å². The van der Waals surface area contributed by atoms with Crippen LogP contribution in [0.3, 0.4) is 0 Å². The van der Waals surface area contributed by atoms with Crippen molar-refractivity contribution in [3.63, 3.8) is 0 Å². The smallest absolute Gasteiger partial charge is 0.169 e. The number of nitrogens with zero attached hydrogens (tertiary/aromatic N) is 1. The van der Waals surface area contributed by atoms with Crippen LogP contribution in [0.25, 0.3) is 0 Å². The average molecular weight is 398 g/mol. The van der Waals surface area contributed by atoms with Gasteiger partial charge in [0.2, 0.25) is 0 Å². The molecule has 0 spiro atoms. The van der Waals surface area contributed by atoms with E-state index in [0.29, 0.717) is 6.04 Å². The summed E-state index contributed by atoms with van der Waals surface area (Å²) < 4.78 is 17.4. The summed E-state index contributed by atoms with van der Waals surface area (Å²) in [6, 6.07) is 13.2. The van der Waals surface area contributed by atoms with Gasteiger partial charge in [0.15, 0.2) is 23.0 Å². The molecular weight excluding hydrogens is 362 g/mol. The second kappa shape index (κ2) is 10.5. The van der Waals surface area contributed by atoms with E-state index in [0.717, 1.165) is 48.9 Å². The zero-order chi connectivity index (χ0) is 20.6. The predicted octanol–water partition coefficient (Wildman–Crippen LogP) is 5.87. The van der Waals surface area contributed by atoms with Crippen molar-refractivity contribution in [2.24, 2.45) is 0 Å². The summed E-state index contributed by atoms with van der Waals surface area (Å²) in [5.41, 5.74) is 2.57. The molecule has 0 saturated heterocycles. The van der Waals surface area contributed by atoms with Crippen molar-refractivity contribution >= 4 is 0 Å². The van der Waals surface area contributed by atoms with Crippen LogP contribution in [-0.2, 0) is 12.8 Å². The number of aryl methyl sites for hydroxylation is 2. The Bertz CT molecular complexity index is 786. The van der Waals surface area contributed by atoms with Crippen LogP contribution in [0.4, 0.5) is 0 Å². The maximum Gasteiger partial charge on any atom is 0.169 e. The molecule has 0 N–H and O–H groups in total. The Labute approximate surface area is 175 Å². The molecule has 0 fully saturated rings. The lowest BCUT2D eigenvalue weighted by Crippen LogP contribution is -2.35. The minimum atomic E-state index is 0.630. The lowest BCUT2D eigenvalue weighted by molar-refractivity contribution is 0.192. The van der Waals surface area contributed by atoms with Crippen LogP contribution in [0.15, 0.2) is 36.4 Å². The van der Waals surface area contributed by atoms with Crippen LogP contribution in [0.1, 0.15) is 50.7 Å². The van der Waals surface area contributed by atoms with E-state index in [1.54, 1.807) is 14.2 Å². The Morgan fingerprint density at radius 1 is 0.828 bits per heavy atom. The quantitative estimate of drug-likeness (QED) is 0.632. The first kappa shape index (κ1) is 21.5. The van der Waals surface area contributed by atoms with E-state index >= 15 is 0 Å². The number of benzene rings is 2. The summed E-state index contributed by atoms with van der Waals surface area (Å²) in [6.07, 6.45) is 6.96. The summed E-state index contributed by atoms with van der Waals surface area (Å²) in [7, 11) is 3.37. The van der Waals surface area contributed by atoms with Gasteiger partial charge in [-0.3, -0.25) is 0 Å². The van der Waals surface area contributed by atoms with Crippen molar-refractivity contribution in [2.45, 2.75) is 58.4 Å². The van der Waals surface area contributed by atoms with E-state index in [1.807, 2.05) is 12.1 Å². The van der Waals surface area contributed by atoms with Crippen LogP contribution in [0.5, 0.6) is 23.0 Å². The van der Waals surface area contributed by atoms with Gasteiger partial charge in [0, 0.05) is 6.04 Å². The number of hydrogen-bond acceptors (Lipinski definition) is 4. The lowest BCUT2D eigenvalue weighted by atomic mass is 9.97. The van der Waals surface area contributed by atoms with E-state index in [-0.39, 0.29) is 0 Å². The summed E-state index contributed by atoms with van der Waals surface area (Å²) in [6.45, 7) is 6.76. The molecule has 4 bridgehead atoms. The topological polar surface area (TPSA) is 30.9 Å². The SMILES string of the molecule is CCN(CC)C1CCCCc2ccc(OC)c(c2)Oc2cc(ccc2OC)CC1. The normalized spacial score (nSPS) is 17.3. The fourth-order valence-electron chi connectivity index (χ4n) is 4.32. The van der Waals surface area contributed by atoms with Gasteiger partial charge in [-0.25, -0.2) is 0 Å². The highest BCUT2D eigenvalue weighted by atomic mass is 16.5. The third-order valence-electron chi connectivity index (χ3n) is 6.02. The summed E-state index contributed by atoms with van der Waals surface area (Å²) in [5, 5.41) is 0. The van der Waals surface area contributed by atoms with Gasteiger partial charge in [-0.15, -0.1) is 0 Å². The van der Waals surface area contributed by atoms with Crippen molar-refractivity contribution in [2.75, 3.05) is 27.3 Å². The van der Waals surface area contributed by atoms with Crippen molar-refractivity contribution < 1.29 is 14.2 Å². The second-order valence-corrected chi connectivity index (χ2v) is 7.73. The molecule has 0 aromatic heterocycles. The van der Waals surface area contributed by atoms with Crippen molar-refractivity contribution in [1.82, 2.24) is 4.90 Å². The van der Waals surface area contributed by atoms with Gasteiger partial charge in [0.25, 0.3) is 0 Å². The average Bonchev–Trinajstić information content (AvgIpc) is 2.75. The maximum atomic E-state index is 6.30. The lowest BCUT2D eigenvalue weighted by Gasteiger charge is -2.30. The first-order chi connectivity index (χ1) is 14.2. The largest absolute Gasteiger partial charge is 0.493 e. The van der Waals surface area contributed by atoms with Gasteiger partial charge in [0.1, 0.15) is 0 Å². The molecular formula is C25H35NO3. The standard InChI is InChI=1S/C25H35NO3/c1-5-26(6-2)21-10-8-7-9-19-12-15-22(27-3)24(17-19)29-25-18-20(11-14-21)13-16-23(25)28-4/h12-13,15-18,21H,5-11,14H2,1-4H3. The van der Waals surface area contributed by atoms with Crippen LogP contribution >= 0.6 is 0 Å². The predicted molar refractivity (Wildman–Crippen MR) is 119 cm³/mol. The number of methoxy groups -OCH3 is 2. The van der Waals surface area contributed by atoms with E-state index in [2.05, 4.69) is 43.0 Å². The molecule has 29 heavy (non-hydrogen) atoms. The molecule has 2 aromatic rings. The van der Waals surface area contributed by atoms with Gasteiger partial charge < -0.3 is 19.1 Å². The summed E-state index contributed by atoms with van der Waals surface area (Å²) in [4.78, 5) is 2.61. The Morgan fingerprint density at radius 3 is 1.97 bits per heavy atom. The van der Waals surface area contributed by atoms with Gasteiger partial charge in [-0.05, 0) is 80.6 Å². The van der Waals surface area contributed by atoms with Crippen LogP contribution in [0, 0.1) is 0 Å². The molecule has 158 valence electrons. The number of rotatable bonds is 5. The molecule has 1 atom stereocenters. The fourth-order valence-corrected chi connectivity index (χ4v) is 4.32. The van der Waals surface area contributed by atoms with Crippen LogP contribution in [0.2, 0.25) is 0 Å². The number of ether oxygens (including phenoxy) is 3. The van der Waals surface area contributed by atoms with Crippen molar-refractivity contribution in [1.29, 1.82) is 0 Å². The molecule has 0 radical (unpaired) electrons. The van der Waals surface area contributed by atoms with Gasteiger partial charge >= 0.3 is 0 Å². The molecule has 1 aliphatic rings. The zero-order valence-corrected chi connectivity index (χ0v) is 18.4. The Hall–Kier alpha value is -2.20. The summed E-state index contributed by atoms with van der Waals surface area (Å²) >= 11 is 0. The molecule has 1 unspecified atom stereocenters. The highest BCUT2D eigenvalue weighted by Crippen LogP contribution is 2.38. The minimum absolute atomic E-state index is 0.630. The van der Waals surface area contributed by atoms with Crippen LogP contribution in [-0.4, -0.2) is 38.3 Å². The Morgan fingerprint density at radius 2 is 1.41 bits per heavy atom. The highest BCUT2D eigenvalue weighted by molar-refractivity contribution is 5.50. The number of hydrogen-bond donors (Lipinski definition) is 0. The Balaban J connectivity index is 1.95.